The highest BCUT2D eigenvalue weighted by Crippen LogP contribution is 2.12. The number of nitrogens with zero attached hydrogens (tertiary/aromatic N) is 2. The number of anilines is 1. The molecule has 1 heterocycles. The first-order valence-electron chi connectivity index (χ1n) is 5.37. The average Bonchev–Trinajstić information content (AvgIpc) is 2.75. The van der Waals surface area contributed by atoms with E-state index in [0.29, 0.717) is 12.1 Å². The maximum Gasteiger partial charge on any atom is 0.251 e. The van der Waals surface area contributed by atoms with Crippen LogP contribution in [0.2, 0.25) is 0 Å². The van der Waals surface area contributed by atoms with Gasteiger partial charge in [0.05, 0.1) is 11.9 Å². The van der Waals surface area contributed by atoms with Gasteiger partial charge in [0.1, 0.15) is 5.82 Å². The van der Waals surface area contributed by atoms with Gasteiger partial charge < -0.3 is 11.1 Å². The maximum atomic E-state index is 12.9. The number of carbonyl (C=O) groups is 1. The Balaban J connectivity index is 2.01. The molecule has 2 rings (SSSR count). The Kier molecular flexibility index (Phi) is 3.27. The molecule has 0 saturated heterocycles. The van der Waals surface area contributed by atoms with Crippen LogP contribution in [0.1, 0.15) is 15.9 Å². The van der Waals surface area contributed by atoms with Gasteiger partial charge in [-0.1, -0.05) is 0 Å². The van der Waals surface area contributed by atoms with Crippen molar-refractivity contribution in [1.29, 1.82) is 0 Å². The number of aryl methyl sites for hydroxylation is 1. The number of benzene rings is 1. The number of halogens is 1. The maximum absolute atomic E-state index is 12.9. The highest BCUT2D eigenvalue weighted by molar-refractivity contribution is 5.94. The lowest BCUT2D eigenvalue weighted by Gasteiger charge is -2.04. The molecule has 0 radical (unpaired) electrons. The summed E-state index contributed by atoms with van der Waals surface area (Å²) in [4.78, 5) is 11.8. The largest absolute Gasteiger partial charge is 0.396 e. The van der Waals surface area contributed by atoms with Gasteiger partial charge in [0.25, 0.3) is 5.91 Å². The van der Waals surface area contributed by atoms with Crippen LogP contribution in [0.4, 0.5) is 10.1 Å². The van der Waals surface area contributed by atoms with Crippen molar-refractivity contribution in [2.45, 2.75) is 6.54 Å². The van der Waals surface area contributed by atoms with E-state index in [4.69, 9.17) is 5.73 Å². The zero-order valence-electron chi connectivity index (χ0n) is 9.85. The zero-order chi connectivity index (χ0) is 13.1. The summed E-state index contributed by atoms with van der Waals surface area (Å²) < 4.78 is 14.6. The van der Waals surface area contributed by atoms with Crippen molar-refractivity contribution in [2.24, 2.45) is 7.05 Å². The van der Waals surface area contributed by atoms with Crippen LogP contribution in [0, 0.1) is 5.82 Å². The SMILES string of the molecule is Cn1cc(CNC(=O)c2ccc(F)c(N)c2)cn1. The number of nitrogen functional groups attached to an aromatic ring is 1. The van der Waals surface area contributed by atoms with E-state index >= 15 is 0 Å². The summed E-state index contributed by atoms with van der Waals surface area (Å²) in [5.41, 5.74) is 6.58. The summed E-state index contributed by atoms with van der Waals surface area (Å²) in [7, 11) is 1.80. The van der Waals surface area contributed by atoms with Gasteiger partial charge in [0.2, 0.25) is 0 Å². The number of nitrogens with two attached hydrogens (primary N) is 1. The Hall–Kier alpha value is -2.37. The molecule has 18 heavy (non-hydrogen) atoms. The Labute approximate surface area is 103 Å². The first-order chi connectivity index (χ1) is 8.56. The van der Waals surface area contributed by atoms with Crippen LogP contribution in [0.5, 0.6) is 0 Å². The smallest absolute Gasteiger partial charge is 0.251 e. The second-order valence-corrected chi connectivity index (χ2v) is 3.94. The summed E-state index contributed by atoms with van der Waals surface area (Å²) in [5.74, 6) is -0.829. The summed E-state index contributed by atoms with van der Waals surface area (Å²) in [6.07, 6.45) is 3.47. The molecule has 0 atom stereocenters. The van der Waals surface area contributed by atoms with Gasteiger partial charge in [-0.05, 0) is 18.2 Å². The quantitative estimate of drug-likeness (QED) is 0.798. The highest BCUT2D eigenvalue weighted by Gasteiger charge is 2.08. The molecule has 0 unspecified atom stereocenters. The van der Waals surface area contributed by atoms with Crippen LogP contribution < -0.4 is 11.1 Å². The number of rotatable bonds is 3. The van der Waals surface area contributed by atoms with Crippen molar-refractivity contribution in [2.75, 3.05) is 5.73 Å². The van der Waals surface area contributed by atoms with Crippen LogP contribution >= 0.6 is 0 Å². The summed E-state index contributed by atoms with van der Waals surface area (Å²) in [6, 6.07) is 3.88. The van der Waals surface area contributed by atoms with Gasteiger partial charge in [-0.25, -0.2) is 4.39 Å². The number of nitrogens with one attached hydrogen (secondary N) is 1. The summed E-state index contributed by atoms with van der Waals surface area (Å²) >= 11 is 0. The third-order valence-corrected chi connectivity index (χ3v) is 2.47. The van der Waals surface area contributed by atoms with E-state index in [9.17, 15) is 9.18 Å². The molecule has 0 bridgehead atoms. The molecule has 0 fully saturated rings. The Morgan fingerprint density at radius 1 is 1.56 bits per heavy atom. The van der Waals surface area contributed by atoms with Gasteiger partial charge in [-0.15, -0.1) is 0 Å². The van der Waals surface area contributed by atoms with E-state index in [-0.39, 0.29) is 11.6 Å². The lowest BCUT2D eigenvalue weighted by molar-refractivity contribution is 0.0951. The number of hydrogen-bond acceptors (Lipinski definition) is 3. The molecular weight excluding hydrogens is 235 g/mol. The van der Waals surface area contributed by atoms with E-state index < -0.39 is 5.82 Å². The van der Waals surface area contributed by atoms with Crippen molar-refractivity contribution in [1.82, 2.24) is 15.1 Å². The van der Waals surface area contributed by atoms with Crippen molar-refractivity contribution in [3.8, 4) is 0 Å². The lowest BCUT2D eigenvalue weighted by atomic mass is 10.2. The summed E-state index contributed by atoms with van der Waals surface area (Å²) in [6.45, 7) is 0.365. The highest BCUT2D eigenvalue weighted by atomic mass is 19.1. The fraction of sp³-hybridized carbons (Fsp3) is 0.167. The second-order valence-electron chi connectivity index (χ2n) is 3.94. The van der Waals surface area contributed by atoms with Crippen LogP contribution in [0.25, 0.3) is 0 Å². The fourth-order valence-electron chi connectivity index (χ4n) is 1.53. The molecule has 0 aliphatic heterocycles. The molecule has 1 amide bonds. The van der Waals surface area contributed by atoms with Crippen molar-refractivity contribution < 1.29 is 9.18 Å². The molecule has 1 aromatic carbocycles. The molecule has 0 saturated carbocycles. The minimum absolute atomic E-state index is 0.0379. The Morgan fingerprint density at radius 2 is 2.33 bits per heavy atom. The van der Waals surface area contributed by atoms with Crippen molar-refractivity contribution in [3.63, 3.8) is 0 Å². The molecule has 1 aromatic heterocycles. The predicted octanol–water partition coefficient (Wildman–Crippen LogP) is 1.07. The Morgan fingerprint density at radius 3 is 2.94 bits per heavy atom. The Bertz CT molecular complexity index is 579. The summed E-state index contributed by atoms with van der Waals surface area (Å²) in [5, 5.41) is 6.69. The predicted molar refractivity (Wildman–Crippen MR) is 65.2 cm³/mol. The van der Waals surface area contributed by atoms with Crippen molar-refractivity contribution in [3.05, 3.63) is 47.5 Å². The third-order valence-electron chi connectivity index (χ3n) is 2.47. The standard InChI is InChI=1S/C12H13FN4O/c1-17-7-8(6-16-17)5-15-12(18)9-2-3-10(13)11(14)4-9/h2-4,6-7H,5,14H2,1H3,(H,15,18). The molecule has 0 aliphatic rings. The molecule has 5 nitrogen and oxygen atoms in total. The van der Waals surface area contributed by atoms with E-state index in [1.807, 2.05) is 0 Å². The molecule has 3 N–H and O–H groups in total. The van der Waals surface area contributed by atoms with E-state index in [0.717, 1.165) is 5.56 Å². The normalized spacial score (nSPS) is 10.3. The van der Waals surface area contributed by atoms with Gasteiger partial charge in [0, 0.05) is 30.9 Å². The number of amides is 1. The van der Waals surface area contributed by atoms with Gasteiger partial charge in [-0.3, -0.25) is 9.48 Å². The number of hydrogen-bond donors (Lipinski definition) is 2. The van der Waals surface area contributed by atoms with Gasteiger partial charge in [0.15, 0.2) is 0 Å². The number of carbonyl (C=O) groups excluding carboxylic acids is 1. The molecule has 94 valence electrons. The van der Waals surface area contributed by atoms with E-state index in [2.05, 4.69) is 10.4 Å². The van der Waals surface area contributed by atoms with Crippen LogP contribution in [0.15, 0.2) is 30.6 Å². The molecule has 2 aromatic rings. The average molecular weight is 248 g/mol. The van der Waals surface area contributed by atoms with Gasteiger partial charge in [-0.2, -0.15) is 5.10 Å². The van der Waals surface area contributed by atoms with E-state index in [1.54, 1.807) is 24.1 Å². The van der Waals surface area contributed by atoms with Crippen LogP contribution in [-0.4, -0.2) is 15.7 Å². The van der Waals surface area contributed by atoms with Crippen molar-refractivity contribution >= 4 is 11.6 Å². The second kappa shape index (κ2) is 4.87. The van der Waals surface area contributed by atoms with Gasteiger partial charge >= 0.3 is 0 Å². The lowest BCUT2D eigenvalue weighted by Crippen LogP contribution is -2.22. The minimum atomic E-state index is -0.529. The minimum Gasteiger partial charge on any atom is -0.396 e. The third kappa shape index (κ3) is 2.65. The molecular formula is C12H13FN4O. The molecule has 0 aliphatic carbocycles. The first kappa shape index (κ1) is 12.1. The van der Waals surface area contributed by atoms with Crippen LogP contribution in [-0.2, 0) is 13.6 Å². The zero-order valence-corrected chi connectivity index (χ0v) is 9.85. The molecule has 0 spiro atoms. The first-order valence-corrected chi connectivity index (χ1v) is 5.37. The molecule has 6 heteroatoms. The van der Waals surface area contributed by atoms with Crippen LogP contribution in [0.3, 0.4) is 0 Å². The monoisotopic (exact) mass is 248 g/mol. The van der Waals surface area contributed by atoms with E-state index in [1.165, 1.54) is 18.2 Å². The topological polar surface area (TPSA) is 72.9 Å². The number of aromatic nitrogens is 2. The fourth-order valence-corrected chi connectivity index (χ4v) is 1.53.